The fraction of sp³-hybridized carbons (Fsp3) is 0.500. The molecule has 4 nitrogen and oxygen atoms in total. The molecule has 0 bridgehead atoms. The zero-order chi connectivity index (χ0) is 14.9. The van der Waals surface area contributed by atoms with Crippen LogP contribution >= 0.6 is 0 Å². The van der Waals surface area contributed by atoms with E-state index < -0.39 is 5.54 Å². The summed E-state index contributed by atoms with van der Waals surface area (Å²) in [5.41, 5.74) is 0.719. The lowest BCUT2D eigenvalue weighted by atomic mass is 9.71. The lowest BCUT2D eigenvalue weighted by Gasteiger charge is -2.44. The minimum absolute atomic E-state index is 0.0862. The molecule has 1 heterocycles. The molecule has 0 unspecified atom stereocenters. The van der Waals surface area contributed by atoms with Crippen LogP contribution in [0.15, 0.2) is 30.3 Å². The fourth-order valence-corrected chi connectivity index (χ4v) is 3.19. The molecule has 1 amide bonds. The van der Waals surface area contributed by atoms with Gasteiger partial charge >= 0.3 is 0 Å². The van der Waals surface area contributed by atoms with Crippen molar-refractivity contribution in [2.24, 2.45) is 0 Å². The summed E-state index contributed by atoms with van der Waals surface area (Å²) in [5, 5.41) is 12.3. The van der Waals surface area contributed by atoms with Crippen molar-refractivity contribution in [2.75, 3.05) is 13.1 Å². The Hall–Kier alpha value is -1.84. The number of hydroxylamine groups is 1. The van der Waals surface area contributed by atoms with Gasteiger partial charge in [0, 0.05) is 26.9 Å². The Labute approximate surface area is 120 Å². The van der Waals surface area contributed by atoms with Crippen molar-refractivity contribution in [3.8, 4) is 0 Å². The molecule has 0 fully saturated rings. The highest BCUT2D eigenvalue weighted by Crippen LogP contribution is 2.41. The Morgan fingerprint density at radius 1 is 1.30 bits per heavy atom. The minimum Gasteiger partial charge on any atom is -0.623 e. The first-order chi connectivity index (χ1) is 9.48. The molecular formula is C16H22N2O2. The molecule has 1 aliphatic heterocycles. The first kappa shape index (κ1) is 14.6. The van der Waals surface area contributed by atoms with Gasteiger partial charge in [-0.05, 0) is 19.4 Å². The summed E-state index contributed by atoms with van der Waals surface area (Å²) in [7, 11) is 0. The zero-order valence-electron chi connectivity index (χ0n) is 12.6. The predicted octanol–water partition coefficient (Wildman–Crippen LogP) is 2.38. The highest BCUT2D eigenvalue weighted by molar-refractivity contribution is 6.01. The molecule has 0 spiro atoms. The van der Waals surface area contributed by atoms with E-state index >= 15 is 0 Å². The summed E-state index contributed by atoms with van der Waals surface area (Å²) in [6, 6.07) is 9.79. The van der Waals surface area contributed by atoms with Gasteiger partial charge in [0.15, 0.2) is 5.71 Å². The van der Waals surface area contributed by atoms with E-state index in [9.17, 15) is 10.0 Å². The molecule has 108 valence electrons. The maximum Gasteiger partial charge on any atom is 0.296 e. The van der Waals surface area contributed by atoms with Crippen LogP contribution in [0.4, 0.5) is 0 Å². The van der Waals surface area contributed by atoms with Crippen molar-refractivity contribution in [3.63, 3.8) is 0 Å². The van der Waals surface area contributed by atoms with E-state index in [4.69, 9.17) is 0 Å². The van der Waals surface area contributed by atoms with Gasteiger partial charge in [0.05, 0.1) is 0 Å². The maximum atomic E-state index is 12.7. The summed E-state index contributed by atoms with van der Waals surface area (Å²) in [6.45, 7) is 8.69. The number of amides is 1. The fourth-order valence-electron chi connectivity index (χ4n) is 3.19. The second-order valence-corrected chi connectivity index (χ2v) is 5.40. The standard InChI is InChI=1S/C16H22N2O2/c1-5-17(6-2)15(19)16(4)14(12(3)18(16)20)13-10-8-7-9-11-13/h7-11,14H,5-6H2,1-4H3/t14-,16-/m1/s1. The van der Waals surface area contributed by atoms with Crippen molar-refractivity contribution in [2.45, 2.75) is 39.2 Å². The van der Waals surface area contributed by atoms with Gasteiger partial charge < -0.3 is 10.1 Å². The van der Waals surface area contributed by atoms with Gasteiger partial charge in [-0.25, -0.2) is 0 Å². The number of likely N-dealkylation sites (N-methyl/N-ethyl adjacent to an activating group) is 1. The third-order valence-corrected chi connectivity index (χ3v) is 4.34. The van der Waals surface area contributed by atoms with Crippen LogP contribution in [0.25, 0.3) is 0 Å². The molecule has 0 aromatic heterocycles. The van der Waals surface area contributed by atoms with Crippen molar-refractivity contribution >= 4 is 11.6 Å². The molecule has 0 N–H and O–H groups in total. The van der Waals surface area contributed by atoms with Crippen LogP contribution in [-0.2, 0) is 4.79 Å². The van der Waals surface area contributed by atoms with Crippen LogP contribution in [0.2, 0.25) is 0 Å². The Morgan fingerprint density at radius 3 is 2.35 bits per heavy atom. The van der Waals surface area contributed by atoms with Crippen LogP contribution in [0.5, 0.6) is 0 Å². The predicted molar refractivity (Wildman–Crippen MR) is 79.8 cm³/mol. The Kier molecular flexibility index (Phi) is 3.84. The average molecular weight is 274 g/mol. The molecule has 1 aromatic rings. The molecule has 0 radical (unpaired) electrons. The zero-order valence-corrected chi connectivity index (χ0v) is 12.6. The molecule has 0 saturated heterocycles. The van der Waals surface area contributed by atoms with Crippen molar-refractivity contribution in [1.82, 2.24) is 4.90 Å². The average Bonchev–Trinajstić information content (AvgIpc) is 2.48. The van der Waals surface area contributed by atoms with Crippen LogP contribution in [-0.4, -0.2) is 39.9 Å². The van der Waals surface area contributed by atoms with E-state index in [1.807, 2.05) is 51.1 Å². The first-order valence-corrected chi connectivity index (χ1v) is 7.13. The van der Waals surface area contributed by atoms with E-state index in [1.165, 1.54) is 0 Å². The summed E-state index contributed by atoms with van der Waals surface area (Å²) in [5.74, 6) is -0.216. The first-order valence-electron chi connectivity index (χ1n) is 7.13. The minimum atomic E-state index is -1.02. The third-order valence-electron chi connectivity index (χ3n) is 4.34. The molecule has 20 heavy (non-hydrogen) atoms. The highest BCUT2D eigenvalue weighted by Gasteiger charge is 2.62. The van der Waals surface area contributed by atoms with Crippen LogP contribution in [0.3, 0.4) is 0 Å². The van der Waals surface area contributed by atoms with Crippen LogP contribution < -0.4 is 0 Å². The molecule has 2 rings (SSSR count). The number of carbonyl (C=O) groups excluding carboxylic acids is 1. The van der Waals surface area contributed by atoms with Gasteiger partial charge in [-0.15, -0.1) is 0 Å². The van der Waals surface area contributed by atoms with Crippen LogP contribution in [0.1, 0.15) is 39.2 Å². The summed E-state index contributed by atoms with van der Waals surface area (Å²) in [4.78, 5) is 14.4. The smallest absolute Gasteiger partial charge is 0.296 e. The lowest BCUT2D eigenvalue weighted by Crippen LogP contribution is -2.66. The van der Waals surface area contributed by atoms with E-state index in [1.54, 1.807) is 11.8 Å². The van der Waals surface area contributed by atoms with Gasteiger partial charge in [-0.2, -0.15) is 4.74 Å². The van der Waals surface area contributed by atoms with Gasteiger partial charge in [-0.3, -0.25) is 4.79 Å². The summed E-state index contributed by atoms with van der Waals surface area (Å²) < 4.78 is 0.880. The van der Waals surface area contributed by atoms with E-state index in [0.29, 0.717) is 18.8 Å². The Morgan fingerprint density at radius 2 is 1.85 bits per heavy atom. The van der Waals surface area contributed by atoms with Gasteiger partial charge in [-0.1, -0.05) is 30.3 Å². The van der Waals surface area contributed by atoms with Crippen molar-refractivity contribution < 1.29 is 9.53 Å². The number of benzene rings is 1. The van der Waals surface area contributed by atoms with Gasteiger partial charge in [0.2, 0.25) is 0 Å². The Balaban J connectivity index is 2.42. The number of rotatable bonds is 4. The molecule has 4 heteroatoms. The normalized spacial score (nSPS) is 25.3. The number of nitrogens with zero attached hydrogens (tertiary/aromatic N) is 2. The molecule has 1 aliphatic rings. The van der Waals surface area contributed by atoms with Gasteiger partial charge in [0.1, 0.15) is 5.92 Å². The summed E-state index contributed by atoms with van der Waals surface area (Å²) in [6.07, 6.45) is 0. The molecular weight excluding hydrogens is 252 g/mol. The molecule has 1 aromatic carbocycles. The highest BCUT2D eigenvalue weighted by atomic mass is 16.5. The largest absolute Gasteiger partial charge is 0.623 e. The molecule has 0 saturated carbocycles. The molecule has 2 atom stereocenters. The number of carbonyl (C=O) groups is 1. The molecule has 0 aliphatic carbocycles. The maximum absolute atomic E-state index is 12.7. The SMILES string of the molecule is CCN(CC)C(=O)[C@@]1(C)[C@@H](c2ccccc2)C(C)=[N+]1[O-]. The Bertz CT molecular complexity index is 535. The third kappa shape index (κ3) is 1.90. The van der Waals surface area contributed by atoms with Crippen molar-refractivity contribution in [1.29, 1.82) is 0 Å². The topological polar surface area (TPSA) is 46.4 Å². The number of hydrogen-bond donors (Lipinski definition) is 0. The van der Waals surface area contributed by atoms with Gasteiger partial charge in [0.25, 0.3) is 11.4 Å². The van der Waals surface area contributed by atoms with Crippen molar-refractivity contribution in [3.05, 3.63) is 41.1 Å². The van der Waals surface area contributed by atoms with E-state index in [-0.39, 0.29) is 11.8 Å². The van der Waals surface area contributed by atoms with E-state index in [2.05, 4.69) is 0 Å². The second kappa shape index (κ2) is 5.27. The number of hydrogen-bond acceptors (Lipinski definition) is 2. The summed E-state index contributed by atoms with van der Waals surface area (Å²) >= 11 is 0. The monoisotopic (exact) mass is 274 g/mol. The second-order valence-electron chi connectivity index (χ2n) is 5.40. The lowest BCUT2D eigenvalue weighted by molar-refractivity contribution is -0.564. The quantitative estimate of drug-likeness (QED) is 0.625. The van der Waals surface area contributed by atoms with Crippen LogP contribution in [0, 0.1) is 5.21 Å². The van der Waals surface area contributed by atoms with E-state index in [0.717, 1.165) is 10.3 Å².